The Hall–Kier alpha value is -0.960. The number of ether oxygens (including phenoxy) is 1. The average molecular weight is 439 g/mol. The Balaban J connectivity index is 0.00000264. The molecule has 0 aliphatic carbocycles. The first-order chi connectivity index (χ1) is 10.7. The third kappa shape index (κ3) is 6.99. The van der Waals surface area contributed by atoms with Gasteiger partial charge in [0, 0.05) is 25.3 Å². The summed E-state index contributed by atoms with van der Waals surface area (Å²) in [5, 5.41) is 6.29. The fraction of sp³-hybridized carbons (Fsp3) is 0.562. The van der Waals surface area contributed by atoms with Crippen LogP contribution in [0, 0.1) is 11.6 Å². The van der Waals surface area contributed by atoms with Gasteiger partial charge in [0.2, 0.25) is 0 Å². The van der Waals surface area contributed by atoms with E-state index in [2.05, 4.69) is 15.6 Å². The Bertz CT molecular complexity index is 508. The van der Waals surface area contributed by atoms with Crippen molar-refractivity contribution in [3.8, 4) is 0 Å². The lowest BCUT2D eigenvalue weighted by Gasteiger charge is -2.13. The molecular formula is C16H24F2IN3O. The van der Waals surface area contributed by atoms with Crippen molar-refractivity contribution >= 4 is 29.9 Å². The molecule has 0 bridgehead atoms. The van der Waals surface area contributed by atoms with Crippen LogP contribution in [0.15, 0.2) is 23.2 Å². The van der Waals surface area contributed by atoms with E-state index in [0.29, 0.717) is 18.6 Å². The topological polar surface area (TPSA) is 45.7 Å². The second kappa shape index (κ2) is 10.7. The Morgan fingerprint density at radius 3 is 2.87 bits per heavy atom. The first-order valence-electron chi connectivity index (χ1n) is 7.76. The van der Waals surface area contributed by atoms with E-state index < -0.39 is 11.6 Å². The van der Waals surface area contributed by atoms with Gasteiger partial charge < -0.3 is 15.4 Å². The lowest BCUT2D eigenvalue weighted by atomic mass is 10.2. The molecule has 1 aliphatic rings. The zero-order valence-corrected chi connectivity index (χ0v) is 15.6. The van der Waals surface area contributed by atoms with Gasteiger partial charge in [0.05, 0.1) is 12.6 Å². The number of hydrogen-bond acceptors (Lipinski definition) is 2. The quantitative estimate of drug-likeness (QED) is 0.407. The molecule has 0 aromatic heterocycles. The van der Waals surface area contributed by atoms with Gasteiger partial charge in [-0.3, -0.25) is 0 Å². The molecule has 1 heterocycles. The van der Waals surface area contributed by atoms with Gasteiger partial charge in [0.15, 0.2) is 5.96 Å². The molecule has 130 valence electrons. The highest BCUT2D eigenvalue weighted by atomic mass is 127. The van der Waals surface area contributed by atoms with Crippen LogP contribution >= 0.6 is 24.0 Å². The number of hydrogen-bond donors (Lipinski definition) is 2. The minimum atomic E-state index is -0.456. The van der Waals surface area contributed by atoms with Gasteiger partial charge in [-0.2, -0.15) is 0 Å². The number of halogens is 3. The summed E-state index contributed by atoms with van der Waals surface area (Å²) >= 11 is 0. The van der Waals surface area contributed by atoms with Gasteiger partial charge in [0.1, 0.15) is 11.6 Å². The minimum Gasteiger partial charge on any atom is -0.378 e. The molecule has 2 rings (SSSR count). The molecule has 1 unspecified atom stereocenters. The van der Waals surface area contributed by atoms with Crippen LogP contribution in [0.5, 0.6) is 0 Å². The van der Waals surface area contributed by atoms with Gasteiger partial charge in [0.25, 0.3) is 0 Å². The van der Waals surface area contributed by atoms with E-state index in [0.717, 1.165) is 44.5 Å². The Labute approximate surface area is 153 Å². The molecule has 1 atom stereocenters. The largest absolute Gasteiger partial charge is 0.378 e. The van der Waals surface area contributed by atoms with Crippen molar-refractivity contribution in [2.75, 3.05) is 19.7 Å². The Morgan fingerprint density at radius 2 is 2.17 bits per heavy atom. The van der Waals surface area contributed by atoms with Crippen LogP contribution < -0.4 is 10.6 Å². The zero-order valence-electron chi connectivity index (χ0n) is 13.3. The van der Waals surface area contributed by atoms with Crippen LogP contribution in [0.3, 0.4) is 0 Å². The van der Waals surface area contributed by atoms with Crippen molar-refractivity contribution in [2.45, 2.75) is 38.8 Å². The summed E-state index contributed by atoms with van der Waals surface area (Å²) in [5.41, 5.74) is 0.247. The maximum absolute atomic E-state index is 13.6. The van der Waals surface area contributed by atoms with E-state index in [9.17, 15) is 8.78 Å². The van der Waals surface area contributed by atoms with Crippen molar-refractivity contribution in [1.29, 1.82) is 0 Å². The molecule has 0 amide bonds. The highest BCUT2D eigenvalue weighted by Crippen LogP contribution is 2.14. The van der Waals surface area contributed by atoms with E-state index in [1.807, 2.05) is 6.92 Å². The fourth-order valence-corrected chi connectivity index (χ4v) is 2.39. The van der Waals surface area contributed by atoms with Crippen molar-refractivity contribution in [3.63, 3.8) is 0 Å². The first-order valence-corrected chi connectivity index (χ1v) is 7.76. The molecule has 1 saturated heterocycles. The van der Waals surface area contributed by atoms with E-state index >= 15 is 0 Å². The second-order valence-corrected chi connectivity index (χ2v) is 5.28. The molecule has 0 spiro atoms. The number of nitrogens with one attached hydrogen (secondary N) is 2. The van der Waals surface area contributed by atoms with Crippen LogP contribution in [0.4, 0.5) is 8.78 Å². The normalized spacial score (nSPS) is 17.7. The molecule has 1 fully saturated rings. The molecule has 23 heavy (non-hydrogen) atoms. The van der Waals surface area contributed by atoms with Gasteiger partial charge in [-0.15, -0.1) is 24.0 Å². The molecule has 0 saturated carbocycles. The Morgan fingerprint density at radius 1 is 1.35 bits per heavy atom. The fourth-order valence-electron chi connectivity index (χ4n) is 2.39. The van der Waals surface area contributed by atoms with Crippen LogP contribution in [0.25, 0.3) is 0 Å². The monoisotopic (exact) mass is 439 g/mol. The van der Waals surface area contributed by atoms with Gasteiger partial charge in [-0.1, -0.05) is 0 Å². The molecule has 1 aromatic rings. The molecule has 1 aromatic carbocycles. The summed E-state index contributed by atoms with van der Waals surface area (Å²) in [6, 6.07) is 3.40. The van der Waals surface area contributed by atoms with Crippen molar-refractivity contribution in [2.24, 2.45) is 4.99 Å². The number of rotatable bonds is 6. The lowest BCUT2D eigenvalue weighted by molar-refractivity contribution is 0.105. The van der Waals surface area contributed by atoms with E-state index in [1.54, 1.807) is 0 Å². The van der Waals surface area contributed by atoms with Crippen molar-refractivity contribution < 1.29 is 13.5 Å². The number of benzene rings is 1. The Kier molecular flexibility index (Phi) is 9.39. The molecular weight excluding hydrogens is 415 g/mol. The predicted octanol–water partition coefficient (Wildman–Crippen LogP) is 3.21. The SMILES string of the molecule is CCNC(=NCc1cc(F)ccc1F)NCCC1CCCO1.I. The number of nitrogens with zero attached hydrogens (tertiary/aromatic N) is 1. The van der Waals surface area contributed by atoms with Crippen LogP contribution in [-0.4, -0.2) is 31.8 Å². The van der Waals surface area contributed by atoms with Crippen molar-refractivity contribution in [3.05, 3.63) is 35.4 Å². The van der Waals surface area contributed by atoms with Gasteiger partial charge in [-0.05, 0) is 44.4 Å². The zero-order chi connectivity index (χ0) is 15.8. The summed E-state index contributed by atoms with van der Waals surface area (Å²) in [4.78, 5) is 4.30. The standard InChI is InChI=1S/C16H23F2N3O.HI/c1-2-19-16(20-8-7-14-4-3-9-22-14)21-11-12-10-13(17)5-6-15(12)18;/h5-6,10,14H,2-4,7-9,11H2,1H3,(H2,19,20,21);1H. The van der Waals surface area contributed by atoms with Crippen molar-refractivity contribution in [1.82, 2.24) is 10.6 Å². The number of guanidine groups is 1. The summed E-state index contributed by atoms with van der Waals surface area (Å²) in [5.74, 6) is -0.299. The highest BCUT2D eigenvalue weighted by molar-refractivity contribution is 14.0. The first kappa shape index (κ1) is 20.1. The van der Waals surface area contributed by atoms with E-state index in [4.69, 9.17) is 4.74 Å². The van der Waals surface area contributed by atoms with Gasteiger partial charge in [-0.25, -0.2) is 13.8 Å². The average Bonchev–Trinajstić information content (AvgIpc) is 3.01. The predicted molar refractivity (Wildman–Crippen MR) is 98.2 cm³/mol. The summed E-state index contributed by atoms with van der Waals surface area (Å²) in [6.45, 7) is 4.34. The van der Waals surface area contributed by atoms with E-state index in [-0.39, 0.29) is 36.1 Å². The highest BCUT2D eigenvalue weighted by Gasteiger charge is 2.14. The van der Waals surface area contributed by atoms with Gasteiger partial charge >= 0.3 is 0 Å². The lowest BCUT2D eigenvalue weighted by Crippen LogP contribution is -2.38. The summed E-state index contributed by atoms with van der Waals surface area (Å²) in [7, 11) is 0. The number of aliphatic imine (C=N–C) groups is 1. The third-order valence-corrected chi connectivity index (χ3v) is 3.54. The van der Waals surface area contributed by atoms with E-state index in [1.165, 1.54) is 6.07 Å². The maximum atomic E-state index is 13.6. The van der Waals surface area contributed by atoms with Crippen LogP contribution in [0.2, 0.25) is 0 Å². The maximum Gasteiger partial charge on any atom is 0.191 e. The minimum absolute atomic E-state index is 0. The molecule has 0 radical (unpaired) electrons. The van der Waals surface area contributed by atoms with Crippen LogP contribution in [0.1, 0.15) is 31.7 Å². The smallest absolute Gasteiger partial charge is 0.191 e. The summed E-state index contributed by atoms with van der Waals surface area (Å²) in [6.07, 6.45) is 3.45. The molecule has 1 aliphatic heterocycles. The summed E-state index contributed by atoms with van der Waals surface area (Å²) < 4.78 is 32.3. The third-order valence-electron chi connectivity index (χ3n) is 3.54. The van der Waals surface area contributed by atoms with Crippen LogP contribution in [-0.2, 0) is 11.3 Å². The molecule has 2 N–H and O–H groups in total. The molecule has 7 heteroatoms. The second-order valence-electron chi connectivity index (χ2n) is 5.28. The molecule has 4 nitrogen and oxygen atoms in total.